The van der Waals surface area contributed by atoms with Crippen molar-refractivity contribution in [1.29, 1.82) is 0 Å². The summed E-state index contributed by atoms with van der Waals surface area (Å²) in [5, 5.41) is 10.9. The molecule has 1 saturated carbocycles. The molecular weight excluding hydrogens is 311 g/mol. The number of halogens is 1. The van der Waals surface area contributed by atoms with E-state index >= 15 is 0 Å². The second-order valence-corrected chi connectivity index (χ2v) is 6.36. The van der Waals surface area contributed by atoms with Crippen molar-refractivity contribution in [2.75, 3.05) is 0 Å². The molecule has 1 aromatic rings. The molecule has 2 atom stereocenters. The third kappa shape index (κ3) is 2.43. The highest BCUT2D eigenvalue weighted by atomic mass is 127. The first-order valence-electron chi connectivity index (χ1n) is 6.06. The van der Waals surface area contributed by atoms with Crippen LogP contribution in [0.2, 0.25) is 0 Å². The molecule has 0 saturated heterocycles. The fourth-order valence-electron chi connectivity index (χ4n) is 2.53. The van der Waals surface area contributed by atoms with Crippen LogP contribution in [0.4, 0.5) is 0 Å². The monoisotopic (exact) mass is 330 g/mol. The lowest BCUT2D eigenvalue weighted by atomic mass is 9.86. The fraction of sp³-hybridized carbons (Fsp3) is 0.571. The van der Waals surface area contributed by atoms with Gasteiger partial charge in [0.1, 0.15) is 5.60 Å². The first-order chi connectivity index (χ1) is 7.63. The van der Waals surface area contributed by atoms with E-state index in [9.17, 15) is 5.11 Å². The Kier molecular flexibility index (Phi) is 3.90. The van der Waals surface area contributed by atoms with Gasteiger partial charge in [-0.2, -0.15) is 0 Å². The van der Waals surface area contributed by atoms with Crippen molar-refractivity contribution >= 4 is 22.6 Å². The van der Waals surface area contributed by atoms with E-state index in [0.29, 0.717) is 3.92 Å². The third-order valence-corrected chi connectivity index (χ3v) is 5.20. The summed E-state index contributed by atoms with van der Waals surface area (Å²) in [7, 11) is 0. The molecule has 0 aliphatic heterocycles. The van der Waals surface area contributed by atoms with Gasteiger partial charge < -0.3 is 5.11 Å². The molecule has 2 unspecified atom stereocenters. The zero-order chi connectivity index (χ0) is 11.6. The van der Waals surface area contributed by atoms with Crippen LogP contribution in [0.15, 0.2) is 24.3 Å². The lowest BCUT2D eigenvalue weighted by Gasteiger charge is -2.32. The largest absolute Gasteiger partial charge is 0.384 e. The number of aryl methyl sites for hydroxylation is 1. The SMILES string of the molecule is Cc1cccc(C2(O)CCCCCC2I)c1. The minimum atomic E-state index is -0.608. The Morgan fingerprint density at radius 1 is 1.31 bits per heavy atom. The van der Waals surface area contributed by atoms with Crippen molar-refractivity contribution in [2.45, 2.75) is 48.6 Å². The Bertz CT molecular complexity index is 364. The maximum Gasteiger partial charge on any atom is 0.101 e. The van der Waals surface area contributed by atoms with Gasteiger partial charge in [0, 0.05) is 3.92 Å². The van der Waals surface area contributed by atoms with Gasteiger partial charge in [-0.3, -0.25) is 0 Å². The van der Waals surface area contributed by atoms with Crippen LogP contribution < -0.4 is 0 Å². The van der Waals surface area contributed by atoms with Gasteiger partial charge in [0.25, 0.3) is 0 Å². The lowest BCUT2D eigenvalue weighted by Crippen LogP contribution is -2.34. The maximum atomic E-state index is 10.9. The third-order valence-electron chi connectivity index (χ3n) is 3.55. The highest BCUT2D eigenvalue weighted by Gasteiger charge is 2.37. The summed E-state index contributed by atoms with van der Waals surface area (Å²) in [4.78, 5) is 0. The van der Waals surface area contributed by atoms with E-state index in [1.165, 1.54) is 18.4 Å². The van der Waals surface area contributed by atoms with E-state index in [0.717, 1.165) is 24.8 Å². The predicted octanol–water partition coefficient (Wildman–Crippen LogP) is 3.95. The van der Waals surface area contributed by atoms with Crippen LogP contribution in [-0.4, -0.2) is 9.03 Å². The van der Waals surface area contributed by atoms with E-state index in [1.54, 1.807) is 0 Å². The second-order valence-electron chi connectivity index (χ2n) is 4.86. The van der Waals surface area contributed by atoms with E-state index in [4.69, 9.17) is 0 Å². The van der Waals surface area contributed by atoms with E-state index < -0.39 is 5.60 Å². The lowest BCUT2D eigenvalue weighted by molar-refractivity contribution is 0.0315. The number of alkyl halides is 1. The molecule has 88 valence electrons. The molecule has 0 bridgehead atoms. The van der Waals surface area contributed by atoms with Gasteiger partial charge in [0.05, 0.1) is 0 Å². The molecule has 0 spiro atoms. The molecule has 1 fully saturated rings. The fourth-order valence-corrected chi connectivity index (χ4v) is 3.64. The molecular formula is C14H19IO. The Hall–Kier alpha value is -0.0900. The van der Waals surface area contributed by atoms with E-state index in [1.807, 2.05) is 0 Å². The van der Waals surface area contributed by atoms with Crippen LogP contribution >= 0.6 is 22.6 Å². The van der Waals surface area contributed by atoms with Gasteiger partial charge >= 0.3 is 0 Å². The zero-order valence-electron chi connectivity index (χ0n) is 9.75. The number of aliphatic hydroxyl groups is 1. The van der Waals surface area contributed by atoms with Crippen molar-refractivity contribution in [1.82, 2.24) is 0 Å². The maximum absolute atomic E-state index is 10.9. The molecule has 1 nitrogen and oxygen atoms in total. The minimum absolute atomic E-state index is 0.342. The average Bonchev–Trinajstić information content (AvgIpc) is 2.43. The van der Waals surface area contributed by atoms with Crippen molar-refractivity contribution < 1.29 is 5.11 Å². The molecule has 1 aliphatic rings. The summed E-state index contributed by atoms with van der Waals surface area (Å²) < 4.78 is 0.342. The number of hydrogen-bond acceptors (Lipinski definition) is 1. The second kappa shape index (κ2) is 5.05. The summed E-state index contributed by atoms with van der Waals surface area (Å²) in [6.07, 6.45) is 5.69. The Balaban J connectivity index is 2.34. The van der Waals surface area contributed by atoms with Gasteiger partial charge in [-0.25, -0.2) is 0 Å². The number of rotatable bonds is 1. The molecule has 0 amide bonds. The van der Waals surface area contributed by atoms with Crippen molar-refractivity contribution in [3.63, 3.8) is 0 Å². The zero-order valence-corrected chi connectivity index (χ0v) is 11.9. The van der Waals surface area contributed by atoms with Crippen LogP contribution in [0.1, 0.15) is 43.2 Å². The van der Waals surface area contributed by atoms with Gasteiger partial charge in [-0.05, 0) is 25.3 Å². The highest BCUT2D eigenvalue weighted by molar-refractivity contribution is 14.1. The number of benzene rings is 1. The molecule has 1 N–H and O–H groups in total. The first-order valence-corrected chi connectivity index (χ1v) is 7.31. The molecule has 2 rings (SSSR count). The van der Waals surface area contributed by atoms with Gasteiger partial charge in [0.15, 0.2) is 0 Å². The van der Waals surface area contributed by atoms with Crippen molar-refractivity contribution in [3.8, 4) is 0 Å². The highest BCUT2D eigenvalue weighted by Crippen LogP contribution is 2.40. The van der Waals surface area contributed by atoms with Crippen LogP contribution in [0.5, 0.6) is 0 Å². The quantitative estimate of drug-likeness (QED) is 0.470. The van der Waals surface area contributed by atoms with Crippen molar-refractivity contribution in [2.24, 2.45) is 0 Å². The van der Waals surface area contributed by atoms with E-state index in [-0.39, 0.29) is 0 Å². The van der Waals surface area contributed by atoms with Gasteiger partial charge in [-0.1, -0.05) is 71.7 Å². The summed E-state index contributed by atoms with van der Waals surface area (Å²) >= 11 is 2.43. The summed E-state index contributed by atoms with van der Waals surface area (Å²) in [6.45, 7) is 2.09. The molecule has 16 heavy (non-hydrogen) atoms. The topological polar surface area (TPSA) is 20.2 Å². The Labute approximate surface area is 111 Å². The molecule has 0 heterocycles. The van der Waals surface area contributed by atoms with Gasteiger partial charge in [0.2, 0.25) is 0 Å². The molecule has 2 heteroatoms. The standard InChI is InChI=1S/C14H19IO/c1-11-6-5-7-12(10-11)14(16)9-4-2-3-8-13(14)15/h5-7,10,13,16H,2-4,8-9H2,1H3. The first kappa shape index (κ1) is 12.4. The van der Waals surface area contributed by atoms with E-state index in [2.05, 4.69) is 53.8 Å². The normalized spacial score (nSPS) is 31.1. The molecule has 0 radical (unpaired) electrons. The van der Waals surface area contributed by atoms with Crippen LogP contribution in [0.25, 0.3) is 0 Å². The number of hydrogen-bond donors (Lipinski definition) is 1. The molecule has 1 aromatic carbocycles. The smallest absolute Gasteiger partial charge is 0.101 e. The van der Waals surface area contributed by atoms with Crippen LogP contribution in [0.3, 0.4) is 0 Å². The van der Waals surface area contributed by atoms with Crippen molar-refractivity contribution in [3.05, 3.63) is 35.4 Å². The molecule has 1 aliphatic carbocycles. The average molecular weight is 330 g/mol. The van der Waals surface area contributed by atoms with Crippen LogP contribution in [0, 0.1) is 6.92 Å². The van der Waals surface area contributed by atoms with Crippen LogP contribution in [-0.2, 0) is 5.60 Å². The minimum Gasteiger partial charge on any atom is -0.384 e. The summed E-state index contributed by atoms with van der Waals surface area (Å²) in [5.41, 5.74) is 1.73. The Morgan fingerprint density at radius 2 is 2.12 bits per heavy atom. The van der Waals surface area contributed by atoms with Gasteiger partial charge in [-0.15, -0.1) is 0 Å². The summed E-state index contributed by atoms with van der Waals surface area (Å²) in [5.74, 6) is 0. The molecule has 0 aromatic heterocycles. The summed E-state index contributed by atoms with van der Waals surface area (Å²) in [6, 6.07) is 8.35. The predicted molar refractivity (Wildman–Crippen MR) is 76.0 cm³/mol. The Morgan fingerprint density at radius 3 is 2.88 bits per heavy atom.